The summed E-state index contributed by atoms with van der Waals surface area (Å²) in [4.78, 5) is 0. The summed E-state index contributed by atoms with van der Waals surface area (Å²) in [7, 11) is 0. The Morgan fingerprint density at radius 1 is 0.750 bits per heavy atom. The van der Waals surface area contributed by atoms with Crippen LogP contribution >= 0.6 is 0 Å². The molecule has 0 saturated heterocycles. The lowest BCUT2D eigenvalue weighted by Gasteiger charge is -2.41. The minimum Gasteiger partial charge on any atom is -0.0839 e. The molecule has 0 aromatic carbocycles. The number of hydrogen-bond donors (Lipinski definition) is 0. The number of allylic oxidation sites excluding steroid dienone is 18. The Morgan fingerprint density at radius 3 is 2.25 bits per heavy atom. The normalized spacial score (nSPS) is 31.3. The molecular formula is C32H38. The molecule has 5 aliphatic carbocycles. The maximum Gasteiger partial charge on any atom is 0.0193 e. The molecular weight excluding hydrogens is 384 g/mol. The maximum absolute atomic E-state index is 2.57. The topological polar surface area (TPSA) is 0 Å². The van der Waals surface area contributed by atoms with Gasteiger partial charge in [0, 0.05) is 23.7 Å². The van der Waals surface area contributed by atoms with Gasteiger partial charge in [0.15, 0.2) is 0 Å². The van der Waals surface area contributed by atoms with Crippen LogP contribution in [-0.2, 0) is 0 Å². The van der Waals surface area contributed by atoms with Crippen molar-refractivity contribution in [1.82, 2.24) is 0 Å². The van der Waals surface area contributed by atoms with Crippen molar-refractivity contribution >= 4 is 0 Å². The largest absolute Gasteiger partial charge is 0.0839 e. The van der Waals surface area contributed by atoms with E-state index < -0.39 is 0 Å². The van der Waals surface area contributed by atoms with Crippen molar-refractivity contribution in [3.8, 4) is 0 Å². The van der Waals surface area contributed by atoms with Crippen molar-refractivity contribution in [2.45, 2.75) is 54.4 Å². The van der Waals surface area contributed by atoms with Crippen LogP contribution in [0.4, 0.5) is 0 Å². The monoisotopic (exact) mass is 422 g/mol. The van der Waals surface area contributed by atoms with Gasteiger partial charge in [-0.3, -0.25) is 0 Å². The molecule has 32 heavy (non-hydrogen) atoms. The minimum atomic E-state index is 0.143. The van der Waals surface area contributed by atoms with Crippen LogP contribution in [0.25, 0.3) is 0 Å². The molecule has 0 fully saturated rings. The first-order valence-corrected chi connectivity index (χ1v) is 12.4. The molecule has 4 unspecified atom stereocenters. The third kappa shape index (κ3) is 3.72. The van der Waals surface area contributed by atoms with Crippen molar-refractivity contribution in [3.05, 3.63) is 106 Å². The first-order valence-electron chi connectivity index (χ1n) is 12.4. The van der Waals surface area contributed by atoms with Gasteiger partial charge in [-0.05, 0) is 57.1 Å². The van der Waals surface area contributed by atoms with Gasteiger partial charge in [0.2, 0.25) is 0 Å². The van der Waals surface area contributed by atoms with Crippen LogP contribution in [0, 0.1) is 34.5 Å². The average molecular weight is 423 g/mol. The summed E-state index contributed by atoms with van der Waals surface area (Å²) in [6, 6.07) is 0. The van der Waals surface area contributed by atoms with Gasteiger partial charge >= 0.3 is 0 Å². The number of hydrogen-bond acceptors (Lipinski definition) is 0. The van der Waals surface area contributed by atoms with Gasteiger partial charge in [0.05, 0.1) is 0 Å². The van der Waals surface area contributed by atoms with E-state index in [4.69, 9.17) is 0 Å². The second-order valence-electron chi connectivity index (χ2n) is 12.1. The molecule has 0 amide bonds. The van der Waals surface area contributed by atoms with Crippen LogP contribution in [0.5, 0.6) is 0 Å². The third-order valence-electron chi connectivity index (χ3n) is 7.81. The molecule has 0 spiro atoms. The summed E-state index contributed by atoms with van der Waals surface area (Å²) in [6.07, 6.45) is 31.6. The second kappa shape index (κ2) is 7.62. The SMILES string of the molecule is CC(C)(C)C1=CC2C=CC(C(C)(C)C)=CC2C(C2=CC=CC3C=CC4=C(C=CCC4)C23)=C1. The summed E-state index contributed by atoms with van der Waals surface area (Å²) in [5.74, 6) is 1.77. The zero-order valence-corrected chi connectivity index (χ0v) is 20.7. The molecule has 0 aliphatic heterocycles. The van der Waals surface area contributed by atoms with E-state index in [-0.39, 0.29) is 10.8 Å². The van der Waals surface area contributed by atoms with E-state index in [2.05, 4.69) is 114 Å². The third-order valence-corrected chi connectivity index (χ3v) is 7.81. The standard InChI is InChI=1S/C32H38/c1-31(2,3)24-17-16-23-18-25(32(4,5)6)20-29(28(23)19-24)27-13-9-11-22-15-14-21-10-7-8-12-26(21)30(22)27/h8-9,11-20,22-23,28,30H,7,10H2,1-6H3. The zero-order valence-electron chi connectivity index (χ0n) is 20.7. The fourth-order valence-corrected chi connectivity index (χ4v) is 5.86. The maximum atomic E-state index is 2.57. The van der Waals surface area contributed by atoms with Gasteiger partial charge in [0.25, 0.3) is 0 Å². The molecule has 0 heteroatoms. The molecule has 0 N–H and O–H groups in total. The predicted molar refractivity (Wildman–Crippen MR) is 138 cm³/mol. The van der Waals surface area contributed by atoms with E-state index in [9.17, 15) is 0 Å². The van der Waals surface area contributed by atoms with E-state index in [1.807, 2.05) is 0 Å². The highest BCUT2D eigenvalue weighted by atomic mass is 14.4. The Kier molecular flexibility index (Phi) is 5.12. The Morgan fingerprint density at radius 2 is 1.50 bits per heavy atom. The van der Waals surface area contributed by atoms with Gasteiger partial charge < -0.3 is 0 Å². The van der Waals surface area contributed by atoms with Gasteiger partial charge in [-0.1, -0.05) is 114 Å². The van der Waals surface area contributed by atoms with E-state index in [0.717, 1.165) is 0 Å². The summed E-state index contributed by atoms with van der Waals surface area (Å²) in [6.45, 7) is 14.0. The molecule has 0 aromatic heterocycles. The Balaban J connectivity index is 1.64. The van der Waals surface area contributed by atoms with Crippen molar-refractivity contribution in [3.63, 3.8) is 0 Å². The zero-order chi connectivity index (χ0) is 22.7. The van der Waals surface area contributed by atoms with Crippen LogP contribution in [0.1, 0.15) is 54.4 Å². The highest BCUT2D eigenvalue weighted by molar-refractivity contribution is 5.58. The summed E-state index contributed by atoms with van der Waals surface area (Å²) in [5.41, 5.74) is 9.40. The summed E-state index contributed by atoms with van der Waals surface area (Å²) >= 11 is 0. The lowest BCUT2D eigenvalue weighted by Crippen LogP contribution is -2.30. The van der Waals surface area contributed by atoms with Crippen molar-refractivity contribution in [2.24, 2.45) is 34.5 Å². The van der Waals surface area contributed by atoms with Crippen LogP contribution in [-0.4, -0.2) is 0 Å². The molecule has 0 bridgehead atoms. The quantitative estimate of drug-likeness (QED) is 0.397. The summed E-state index contributed by atoms with van der Waals surface area (Å²) < 4.78 is 0. The fourth-order valence-electron chi connectivity index (χ4n) is 5.86. The van der Waals surface area contributed by atoms with E-state index in [1.54, 1.807) is 11.1 Å². The molecule has 0 radical (unpaired) electrons. The van der Waals surface area contributed by atoms with Crippen LogP contribution in [0.2, 0.25) is 0 Å². The average Bonchev–Trinajstić information content (AvgIpc) is 2.76. The molecule has 0 saturated carbocycles. The van der Waals surface area contributed by atoms with Crippen molar-refractivity contribution < 1.29 is 0 Å². The predicted octanol–water partition coefficient (Wildman–Crippen LogP) is 8.62. The van der Waals surface area contributed by atoms with Crippen LogP contribution in [0.3, 0.4) is 0 Å². The van der Waals surface area contributed by atoms with Gasteiger partial charge in [0.1, 0.15) is 0 Å². The number of rotatable bonds is 1. The number of fused-ring (bicyclic) bond motifs is 3. The smallest absolute Gasteiger partial charge is 0.0193 e. The fraction of sp³-hybridized carbons (Fsp3) is 0.438. The van der Waals surface area contributed by atoms with Gasteiger partial charge in [-0.25, -0.2) is 0 Å². The molecule has 4 atom stereocenters. The Hall–Kier alpha value is -2.34. The molecule has 0 heterocycles. The van der Waals surface area contributed by atoms with E-state index in [0.29, 0.717) is 23.7 Å². The lowest BCUT2D eigenvalue weighted by molar-refractivity contribution is 0.473. The van der Waals surface area contributed by atoms with E-state index >= 15 is 0 Å². The van der Waals surface area contributed by atoms with Crippen molar-refractivity contribution in [2.75, 3.05) is 0 Å². The first kappa shape index (κ1) is 21.5. The van der Waals surface area contributed by atoms with Gasteiger partial charge in [-0.2, -0.15) is 0 Å². The first-order chi connectivity index (χ1) is 15.1. The Labute approximate surface area is 195 Å². The molecule has 0 aromatic rings. The lowest BCUT2D eigenvalue weighted by atomic mass is 9.63. The summed E-state index contributed by atoms with van der Waals surface area (Å²) in [5, 5.41) is 0. The molecule has 0 nitrogen and oxygen atoms in total. The van der Waals surface area contributed by atoms with Crippen LogP contribution in [0.15, 0.2) is 106 Å². The molecule has 166 valence electrons. The molecule has 5 aliphatic rings. The highest BCUT2D eigenvalue weighted by Gasteiger charge is 2.38. The van der Waals surface area contributed by atoms with Gasteiger partial charge in [-0.15, -0.1) is 0 Å². The minimum absolute atomic E-state index is 0.143. The van der Waals surface area contributed by atoms with Crippen molar-refractivity contribution in [1.29, 1.82) is 0 Å². The van der Waals surface area contributed by atoms with Crippen LogP contribution < -0.4 is 0 Å². The highest BCUT2D eigenvalue weighted by Crippen LogP contribution is 2.50. The van der Waals surface area contributed by atoms with E-state index in [1.165, 1.54) is 35.1 Å². The Bertz CT molecular complexity index is 1090. The second-order valence-corrected chi connectivity index (χ2v) is 12.1. The molecule has 5 rings (SSSR count).